The van der Waals surface area contributed by atoms with Gasteiger partial charge in [0, 0.05) is 30.3 Å². The second-order valence-corrected chi connectivity index (χ2v) is 11.4. The number of sulfonamides is 1. The molecule has 192 valence electrons. The number of rotatable bonds is 6. The van der Waals surface area contributed by atoms with Crippen LogP contribution in [0.5, 0.6) is 0 Å². The van der Waals surface area contributed by atoms with E-state index in [1.165, 1.54) is 11.6 Å². The number of hydrogen-bond acceptors (Lipinski definition) is 4. The topological polar surface area (TPSA) is 110 Å². The highest BCUT2D eigenvalue weighted by Crippen LogP contribution is 2.36. The standard InChI is InChI=1S/C29H31N3O4S/c30-37(35,36)27-13-4-2-9-23(27)21-16-14-20(15-17-21)19-31-28(33)24-10-5-11-25(24)29(34)32-18-6-8-22-7-1-3-12-26(22)32/h1-4,7,9,12-17,24-25H,5-6,8,10-11,18-19H2,(H,31,33)(H2,30,35,36). The normalized spacial score (nSPS) is 19.3. The van der Waals surface area contributed by atoms with E-state index in [0.717, 1.165) is 42.5 Å². The first-order valence-electron chi connectivity index (χ1n) is 12.7. The number of para-hydroxylation sites is 1. The Bertz CT molecular complexity index is 1420. The van der Waals surface area contributed by atoms with Gasteiger partial charge in [0.1, 0.15) is 0 Å². The zero-order valence-electron chi connectivity index (χ0n) is 20.6. The average molecular weight is 518 g/mol. The van der Waals surface area contributed by atoms with Crippen LogP contribution >= 0.6 is 0 Å². The number of anilines is 1. The molecule has 8 heteroatoms. The number of aryl methyl sites for hydroxylation is 1. The maximum absolute atomic E-state index is 13.5. The lowest BCUT2D eigenvalue weighted by Crippen LogP contribution is -2.44. The van der Waals surface area contributed by atoms with Crippen LogP contribution in [-0.4, -0.2) is 26.8 Å². The minimum absolute atomic E-state index is 0.0580. The maximum Gasteiger partial charge on any atom is 0.238 e. The van der Waals surface area contributed by atoms with Gasteiger partial charge in [-0.05, 0) is 54.5 Å². The molecule has 0 saturated heterocycles. The van der Waals surface area contributed by atoms with Crippen LogP contribution in [0.15, 0.2) is 77.7 Å². The molecule has 1 saturated carbocycles. The number of carbonyl (C=O) groups is 2. The van der Waals surface area contributed by atoms with Crippen LogP contribution in [0, 0.1) is 11.8 Å². The molecular weight excluding hydrogens is 486 g/mol. The molecule has 0 aromatic heterocycles. The fraction of sp³-hybridized carbons (Fsp3) is 0.310. The molecular formula is C29H31N3O4S. The molecule has 3 aromatic rings. The number of benzene rings is 3. The summed E-state index contributed by atoms with van der Waals surface area (Å²) in [5.74, 6) is -0.668. The molecule has 0 radical (unpaired) electrons. The molecule has 2 amide bonds. The van der Waals surface area contributed by atoms with Gasteiger partial charge in [-0.15, -0.1) is 0 Å². The molecule has 1 aliphatic carbocycles. The smallest absolute Gasteiger partial charge is 0.238 e. The van der Waals surface area contributed by atoms with Gasteiger partial charge in [0.05, 0.1) is 10.8 Å². The van der Waals surface area contributed by atoms with Crippen LogP contribution in [0.2, 0.25) is 0 Å². The van der Waals surface area contributed by atoms with Gasteiger partial charge >= 0.3 is 0 Å². The summed E-state index contributed by atoms with van der Waals surface area (Å²) in [6.45, 7) is 1.03. The summed E-state index contributed by atoms with van der Waals surface area (Å²) < 4.78 is 23.9. The molecule has 2 unspecified atom stereocenters. The number of primary sulfonamides is 1. The lowest BCUT2D eigenvalue weighted by Gasteiger charge is -2.32. The van der Waals surface area contributed by atoms with Crippen molar-refractivity contribution >= 4 is 27.5 Å². The van der Waals surface area contributed by atoms with Crippen LogP contribution in [0.25, 0.3) is 11.1 Å². The van der Waals surface area contributed by atoms with Crippen LogP contribution in [0.4, 0.5) is 5.69 Å². The zero-order valence-corrected chi connectivity index (χ0v) is 21.4. The fourth-order valence-corrected chi connectivity index (χ4v) is 6.37. The van der Waals surface area contributed by atoms with Crippen molar-refractivity contribution in [2.45, 2.75) is 43.5 Å². The predicted octanol–water partition coefficient (Wildman–Crippen LogP) is 4.01. The molecule has 5 rings (SSSR count). The third-order valence-corrected chi connectivity index (χ3v) is 8.44. The number of nitrogens with two attached hydrogens (primary N) is 1. The molecule has 2 atom stereocenters. The van der Waals surface area contributed by atoms with Gasteiger partial charge in [0.25, 0.3) is 0 Å². The van der Waals surface area contributed by atoms with E-state index in [0.29, 0.717) is 25.1 Å². The number of fused-ring (bicyclic) bond motifs is 1. The molecule has 2 aliphatic rings. The van der Waals surface area contributed by atoms with E-state index in [1.54, 1.807) is 18.2 Å². The van der Waals surface area contributed by atoms with E-state index in [4.69, 9.17) is 5.14 Å². The van der Waals surface area contributed by atoms with Gasteiger partial charge in [0.15, 0.2) is 0 Å². The van der Waals surface area contributed by atoms with Crippen LogP contribution in [0.1, 0.15) is 36.8 Å². The van der Waals surface area contributed by atoms with Crippen molar-refractivity contribution in [3.8, 4) is 11.1 Å². The van der Waals surface area contributed by atoms with Gasteiger partial charge < -0.3 is 10.2 Å². The minimum Gasteiger partial charge on any atom is -0.352 e. The van der Waals surface area contributed by atoms with Gasteiger partial charge in [-0.1, -0.05) is 67.1 Å². The Morgan fingerprint density at radius 1 is 0.892 bits per heavy atom. The molecule has 1 aliphatic heterocycles. The highest BCUT2D eigenvalue weighted by atomic mass is 32.2. The summed E-state index contributed by atoms with van der Waals surface area (Å²) in [6.07, 6.45) is 4.21. The zero-order chi connectivity index (χ0) is 26.0. The van der Waals surface area contributed by atoms with E-state index >= 15 is 0 Å². The van der Waals surface area contributed by atoms with Crippen molar-refractivity contribution < 1.29 is 18.0 Å². The first kappa shape index (κ1) is 25.2. The Hall–Kier alpha value is -3.49. The van der Waals surface area contributed by atoms with Gasteiger partial charge in [0.2, 0.25) is 21.8 Å². The van der Waals surface area contributed by atoms with Gasteiger partial charge in [-0.3, -0.25) is 9.59 Å². The van der Waals surface area contributed by atoms with Gasteiger partial charge in [-0.25, -0.2) is 13.6 Å². The maximum atomic E-state index is 13.5. The van der Waals surface area contributed by atoms with Crippen molar-refractivity contribution in [3.05, 3.63) is 83.9 Å². The summed E-state index contributed by atoms with van der Waals surface area (Å²) in [6, 6.07) is 22.0. The second-order valence-electron chi connectivity index (χ2n) is 9.82. The minimum atomic E-state index is -3.85. The molecule has 3 N–H and O–H groups in total. The number of carbonyl (C=O) groups excluding carboxylic acids is 2. The molecule has 3 aromatic carbocycles. The Balaban J connectivity index is 1.24. The van der Waals surface area contributed by atoms with Crippen molar-refractivity contribution in [3.63, 3.8) is 0 Å². The number of nitrogens with zero attached hydrogens (tertiary/aromatic N) is 1. The number of amides is 2. The van der Waals surface area contributed by atoms with E-state index in [2.05, 4.69) is 11.4 Å². The van der Waals surface area contributed by atoms with Crippen LogP contribution < -0.4 is 15.4 Å². The Morgan fingerprint density at radius 3 is 2.38 bits per heavy atom. The third kappa shape index (κ3) is 5.31. The number of hydrogen-bond donors (Lipinski definition) is 2. The van der Waals surface area contributed by atoms with E-state index in [1.807, 2.05) is 47.4 Å². The molecule has 1 fully saturated rings. The molecule has 0 bridgehead atoms. The van der Waals surface area contributed by atoms with Crippen molar-refractivity contribution in [2.24, 2.45) is 17.0 Å². The first-order chi connectivity index (χ1) is 17.8. The monoisotopic (exact) mass is 517 g/mol. The van der Waals surface area contributed by atoms with E-state index in [-0.39, 0.29) is 28.5 Å². The molecule has 7 nitrogen and oxygen atoms in total. The highest BCUT2D eigenvalue weighted by Gasteiger charge is 2.40. The molecule has 0 spiro atoms. The quantitative estimate of drug-likeness (QED) is 0.515. The SMILES string of the molecule is NS(=O)(=O)c1ccccc1-c1ccc(CNC(=O)C2CCCC2C(=O)N2CCCc3ccccc32)cc1. The van der Waals surface area contributed by atoms with Crippen LogP contribution in [-0.2, 0) is 32.6 Å². The third-order valence-electron chi connectivity index (χ3n) is 7.47. The summed E-state index contributed by atoms with van der Waals surface area (Å²) in [4.78, 5) is 28.6. The van der Waals surface area contributed by atoms with Crippen molar-refractivity contribution in [1.29, 1.82) is 0 Å². The van der Waals surface area contributed by atoms with E-state index < -0.39 is 10.0 Å². The average Bonchev–Trinajstić information content (AvgIpc) is 3.41. The Labute approximate surface area is 217 Å². The Kier molecular flexibility index (Phi) is 7.13. The highest BCUT2D eigenvalue weighted by molar-refractivity contribution is 7.89. The molecule has 1 heterocycles. The number of nitrogens with one attached hydrogen (secondary N) is 1. The second kappa shape index (κ2) is 10.5. The van der Waals surface area contributed by atoms with Gasteiger partial charge in [-0.2, -0.15) is 0 Å². The Morgan fingerprint density at radius 2 is 1.59 bits per heavy atom. The van der Waals surface area contributed by atoms with E-state index in [9.17, 15) is 18.0 Å². The van der Waals surface area contributed by atoms with Crippen molar-refractivity contribution in [2.75, 3.05) is 11.4 Å². The fourth-order valence-electron chi connectivity index (χ4n) is 5.61. The summed E-state index contributed by atoms with van der Waals surface area (Å²) in [5.41, 5.74) is 4.32. The van der Waals surface area contributed by atoms with Crippen molar-refractivity contribution in [1.82, 2.24) is 5.32 Å². The lowest BCUT2D eigenvalue weighted by molar-refractivity contribution is -0.132. The first-order valence-corrected chi connectivity index (χ1v) is 14.3. The van der Waals surface area contributed by atoms with Crippen LogP contribution in [0.3, 0.4) is 0 Å². The summed E-state index contributed by atoms with van der Waals surface area (Å²) in [7, 11) is -3.85. The predicted molar refractivity (Wildman–Crippen MR) is 143 cm³/mol. The molecule has 37 heavy (non-hydrogen) atoms. The lowest BCUT2D eigenvalue weighted by atomic mass is 9.91. The summed E-state index contributed by atoms with van der Waals surface area (Å²) in [5, 5.41) is 8.38. The summed E-state index contributed by atoms with van der Waals surface area (Å²) >= 11 is 0. The largest absolute Gasteiger partial charge is 0.352 e.